The summed E-state index contributed by atoms with van der Waals surface area (Å²) < 4.78 is 10.7. The van der Waals surface area contributed by atoms with Gasteiger partial charge in [-0.15, -0.1) is 24.0 Å². The highest BCUT2D eigenvalue weighted by atomic mass is 127. The Morgan fingerprint density at radius 2 is 1.79 bits per heavy atom. The van der Waals surface area contributed by atoms with Crippen LogP contribution in [0.25, 0.3) is 0 Å². The lowest BCUT2D eigenvalue weighted by Gasteiger charge is -2.12. The first-order chi connectivity index (χ1) is 13.1. The SMILES string of the molecule is CCNC(=NCc1ccc(OC(C)C)nc1)NCCc1ccc(OC)cc1.I. The van der Waals surface area contributed by atoms with E-state index in [4.69, 9.17) is 9.47 Å². The van der Waals surface area contributed by atoms with Crippen LogP contribution < -0.4 is 20.1 Å². The lowest BCUT2D eigenvalue weighted by atomic mass is 10.1. The molecule has 2 aromatic rings. The molecule has 0 amide bonds. The van der Waals surface area contributed by atoms with Gasteiger partial charge in [0.25, 0.3) is 0 Å². The minimum absolute atomic E-state index is 0. The van der Waals surface area contributed by atoms with Gasteiger partial charge in [0.2, 0.25) is 5.88 Å². The van der Waals surface area contributed by atoms with Crippen LogP contribution in [0.15, 0.2) is 47.6 Å². The third-order valence-corrected chi connectivity index (χ3v) is 3.78. The van der Waals surface area contributed by atoms with E-state index in [1.54, 1.807) is 7.11 Å². The monoisotopic (exact) mass is 498 g/mol. The molecule has 0 aliphatic carbocycles. The summed E-state index contributed by atoms with van der Waals surface area (Å²) in [6, 6.07) is 12.0. The molecule has 0 fully saturated rings. The predicted octanol–water partition coefficient (Wildman–Crippen LogP) is 3.79. The average molecular weight is 498 g/mol. The molecule has 0 aliphatic rings. The molecule has 0 unspecified atom stereocenters. The Labute approximate surface area is 185 Å². The number of nitrogens with zero attached hydrogens (tertiary/aromatic N) is 2. The first-order valence-electron chi connectivity index (χ1n) is 9.37. The van der Waals surface area contributed by atoms with Gasteiger partial charge in [0.05, 0.1) is 19.8 Å². The van der Waals surface area contributed by atoms with E-state index >= 15 is 0 Å². The Morgan fingerprint density at radius 3 is 2.36 bits per heavy atom. The summed E-state index contributed by atoms with van der Waals surface area (Å²) in [7, 11) is 1.68. The van der Waals surface area contributed by atoms with Crippen molar-refractivity contribution in [2.75, 3.05) is 20.2 Å². The van der Waals surface area contributed by atoms with Gasteiger partial charge in [0.1, 0.15) is 5.75 Å². The number of aromatic nitrogens is 1. The molecule has 7 heteroatoms. The molecule has 0 spiro atoms. The number of aliphatic imine (C=N–C) groups is 1. The average Bonchev–Trinajstić information content (AvgIpc) is 2.67. The van der Waals surface area contributed by atoms with Crippen LogP contribution in [0.5, 0.6) is 11.6 Å². The van der Waals surface area contributed by atoms with Crippen molar-refractivity contribution in [1.29, 1.82) is 0 Å². The lowest BCUT2D eigenvalue weighted by molar-refractivity contribution is 0.232. The fraction of sp³-hybridized carbons (Fsp3) is 0.429. The number of halogens is 1. The van der Waals surface area contributed by atoms with Gasteiger partial charge in [-0.2, -0.15) is 0 Å². The molecule has 0 bridgehead atoms. The number of methoxy groups -OCH3 is 1. The molecule has 0 saturated carbocycles. The van der Waals surface area contributed by atoms with E-state index in [0.29, 0.717) is 12.4 Å². The number of ether oxygens (including phenoxy) is 2. The molecular weight excluding hydrogens is 467 g/mol. The lowest BCUT2D eigenvalue weighted by Crippen LogP contribution is -2.38. The van der Waals surface area contributed by atoms with Gasteiger partial charge >= 0.3 is 0 Å². The van der Waals surface area contributed by atoms with E-state index in [9.17, 15) is 0 Å². The van der Waals surface area contributed by atoms with Crippen molar-refractivity contribution >= 4 is 29.9 Å². The van der Waals surface area contributed by atoms with Gasteiger partial charge in [-0.3, -0.25) is 0 Å². The van der Waals surface area contributed by atoms with Crippen LogP contribution >= 0.6 is 24.0 Å². The van der Waals surface area contributed by atoms with Gasteiger partial charge in [0.15, 0.2) is 5.96 Å². The van der Waals surface area contributed by atoms with E-state index in [-0.39, 0.29) is 30.1 Å². The molecule has 0 saturated heterocycles. The molecule has 1 aromatic heterocycles. The van der Waals surface area contributed by atoms with Gasteiger partial charge in [0, 0.05) is 25.4 Å². The molecule has 1 aromatic carbocycles. The Morgan fingerprint density at radius 1 is 1.07 bits per heavy atom. The minimum Gasteiger partial charge on any atom is -0.497 e. The first kappa shape index (κ1) is 24.0. The van der Waals surface area contributed by atoms with E-state index < -0.39 is 0 Å². The number of nitrogens with one attached hydrogen (secondary N) is 2. The molecule has 0 radical (unpaired) electrons. The Bertz CT molecular complexity index is 703. The zero-order chi connectivity index (χ0) is 19.5. The number of pyridine rings is 1. The van der Waals surface area contributed by atoms with E-state index in [2.05, 4.69) is 39.7 Å². The molecule has 0 aliphatic heterocycles. The highest BCUT2D eigenvalue weighted by molar-refractivity contribution is 14.0. The van der Waals surface area contributed by atoms with Crippen molar-refractivity contribution < 1.29 is 9.47 Å². The van der Waals surface area contributed by atoms with Crippen LogP contribution in [-0.2, 0) is 13.0 Å². The standard InChI is InChI=1S/C21H30N4O2.HI/c1-5-22-21(23-13-12-17-6-9-19(26-4)10-7-17)25-15-18-8-11-20(24-14-18)27-16(2)3;/h6-11,14,16H,5,12-13,15H2,1-4H3,(H2,22,23,25);1H. The summed E-state index contributed by atoms with van der Waals surface area (Å²) in [6.07, 6.45) is 2.84. The van der Waals surface area contributed by atoms with Gasteiger partial charge < -0.3 is 20.1 Å². The summed E-state index contributed by atoms with van der Waals surface area (Å²) in [5, 5.41) is 6.64. The maximum absolute atomic E-state index is 5.56. The topological polar surface area (TPSA) is 67.8 Å². The second-order valence-corrected chi connectivity index (χ2v) is 6.39. The quantitative estimate of drug-likeness (QED) is 0.313. The van der Waals surface area contributed by atoms with Gasteiger partial charge in [-0.1, -0.05) is 18.2 Å². The third kappa shape index (κ3) is 8.77. The highest BCUT2D eigenvalue weighted by Gasteiger charge is 2.01. The van der Waals surface area contributed by atoms with Crippen molar-refractivity contribution in [3.05, 3.63) is 53.7 Å². The Kier molecular flexibility index (Phi) is 11.3. The number of benzene rings is 1. The summed E-state index contributed by atoms with van der Waals surface area (Å²) in [4.78, 5) is 8.94. The summed E-state index contributed by atoms with van der Waals surface area (Å²) in [5.41, 5.74) is 2.29. The minimum atomic E-state index is 0. The predicted molar refractivity (Wildman–Crippen MR) is 125 cm³/mol. The third-order valence-electron chi connectivity index (χ3n) is 3.78. The molecular formula is C21H31IN4O2. The highest BCUT2D eigenvalue weighted by Crippen LogP contribution is 2.12. The molecule has 28 heavy (non-hydrogen) atoms. The largest absolute Gasteiger partial charge is 0.497 e. The maximum atomic E-state index is 5.56. The molecule has 2 rings (SSSR count). The molecule has 6 nitrogen and oxygen atoms in total. The van der Waals surface area contributed by atoms with Crippen molar-refractivity contribution in [1.82, 2.24) is 15.6 Å². The van der Waals surface area contributed by atoms with E-state index in [1.807, 2.05) is 44.3 Å². The van der Waals surface area contributed by atoms with Gasteiger partial charge in [-0.05, 0) is 50.5 Å². The Hall–Kier alpha value is -2.03. The Balaban J connectivity index is 0.00000392. The normalized spacial score (nSPS) is 11.0. The fourth-order valence-electron chi connectivity index (χ4n) is 2.45. The van der Waals surface area contributed by atoms with E-state index in [1.165, 1.54) is 5.56 Å². The molecule has 2 N–H and O–H groups in total. The van der Waals surface area contributed by atoms with Gasteiger partial charge in [-0.25, -0.2) is 9.98 Å². The van der Waals surface area contributed by atoms with E-state index in [0.717, 1.165) is 36.8 Å². The summed E-state index contributed by atoms with van der Waals surface area (Å²) in [5.74, 6) is 2.32. The zero-order valence-electron chi connectivity index (χ0n) is 17.1. The maximum Gasteiger partial charge on any atom is 0.213 e. The van der Waals surface area contributed by atoms with Crippen LogP contribution in [-0.4, -0.2) is 37.2 Å². The van der Waals surface area contributed by atoms with Crippen LogP contribution in [0.3, 0.4) is 0 Å². The number of guanidine groups is 1. The van der Waals surface area contributed by atoms with Crippen molar-refractivity contribution in [2.24, 2.45) is 4.99 Å². The zero-order valence-corrected chi connectivity index (χ0v) is 19.4. The molecule has 154 valence electrons. The van der Waals surface area contributed by atoms with Crippen LogP contribution in [0.1, 0.15) is 31.9 Å². The van der Waals surface area contributed by atoms with Crippen molar-refractivity contribution in [3.63, 3.8) is 0 Å². The smallest absolute Gasteiger partial charge is 0.213 e. The summed E-state index contributed by atoms with van der Waals surface area (Å²) >= 11 is 0. The van der Waals surface area contributed by atoms with Crippen LogP contribution in [0.2, 0.25) is 0 Å². The summed E-state index contributed by atoms with van der Waals surface area (Å²) in [6.45, 7) is 8.21. The molecule has 1 heterocycles. The molecule has 0 atom stereocenters. The second-order valence-electron chi connectivity index (χ2n) is 6.39. The fourth-order valence-corrected chi connectivity index (χ4v) is 2.45. The van der Waals surface area contributed by atoms with Crippen molar-refractivity contribution in [2.45, 2.75) is 39.8 Å². The van der Waals surface area contributed by atoms with Crippen LogP contribution in [0, 0.1) is 0 Å². The van der Waals surface area contributed by atoms with Crippen LogP contribution in [0.4, 0.5) is 0 Å². The number of rotatable bonds is 9. The van der Waals surface area contributed by atoms with Crippen molar-refractivity contribution in [3.8, 4) is 11.6 Å². The second kappa shape index (κ2) is 13.2. The first-order valence-corrected chi connectivity index (χ1v) is 9.37. The number of hydrogen-bond acceptors (Lipinski definition) is 4. The number of hydrogen-bond donors (Lipinski definition) is 2.